The van der Waals surface area contributed by atoms with Gasteiger partial charge in [-0.3, -0.25) is 9.59 Å². The molecule has 1 N–H and O–H groups in total. The lowest BCUT2D eigenvalue weighted by molar-refractivity contribution is -0.120. The molecule has 6 heteroatoms. The second kappa shape index (κ2) is 6.90. The van der Waals surface area contributed by atoms with Crippen molar-refractivity contribution in [2.24, 2.45) is 0 Å². The molecule has 0 saturated heterocycles. The van der Waals surface area contributed by atoms with Crippen LogP contribution in [0.1, 0.15) is 4.88 Å². The Labute approximate surface area is 127 Å². The third kappa shape index (κ3) is 3.82. The number of nitrogens with one attached hydrogen (secondary N) is 1. The van der Waals surface area contributed by atoms with Gasteiger partial charge in [0.05, 0.1) is 5.69 Å². The number of anilines is 2. The number of hydrogen-bond acceptors (Lipinski definition) is 4. The van der Waals surface area contributed by atoms with E-state index < -0.39 is 0 Å². The highest BCUT2D eigenvalue weighted by atomic mass is 32.1. The van der Waals surface area contributed by atoms with Crippen molar-refractivity contribution in [3.8, 4) is 5.75 Å². The van der Waals surface area contributed by atoms with Crippen molar-refractivity contribution in [3.63, 3.8) is 0 Å². The minimum Gasteiger partial charge on any atom is -0.484 e. The molecule has 0 aliphatic heterocycles. The van der Waals surface area contributed by atoms with Crippen LogP contribution in [0, 0.1) is 6.92 Å². The summed E-state index contributed by atoms with van der Waals surface area (Å²) in [4.78, 5) is 25.2. The van der Waals surface area contributed by atoms with Crippen LogP contribution in [-0.2, 0) is 9.59 Å². The van der Waals surface area contributed by atoms with Gasteiger partial charge in [0.25, 0.3) is 5.91 Å². The molecule has 0 atom stereocenters. The van der Waals surface area contributed by atoms with Crippen LogP contribution >= 0.6 is 11.3 Å². The number of hydrogen-bond donors (Lipinski definition) is 1. The van der Waals surface area contributed by atoms with E-state index in [9.17, 15) is 9.59 Å². The van der Waals surface area contributed by atoms with Crippen molar-refractivity contribution in [2.45, 2.75) is 6.92 Å². The van der Waals surface area contributed by atoms with Crippen molar-refractivity contribution >= 4 is 35.0 Å². The molecule has 2 aromatic rings. The van der Waals surface area contributed by atoms with Gasteiger partial charge in [0.1, 0.15) is 5.75 Å². The molecule has 0 saturated carbocycles. The molecule has 2 rings (SSSR count). The van der Waals surface area contributed by atoms with Gasteiger partial charge in [0.15, 0.2) is 6.61 Å². The first-order valence-electron chi connectivity index (χ1n) is 6.35. The lowest BCUT2D eigenvalue weighted by Crippen LogP contribution is -2.31. The Bertz CT molecular complexity index is 639. The maximum atomic E-state index is 12.1. The summed E-state index contributed by atoms with van der Waals surface area (Å²) in [6.07, 6.45) is 0.595. The van der Waals surface area contributed by atoms with Crippen molar-refractivity contribution in [1.29, 1.82) is 0 Å². The molecule has 1 aromatic carbocycles. The molecule has 2 amide bonds. The molecular formula is C15H16N2O3S. The zero-order valence-corrected chi connectivity index (χ0v) is 12.6. The molecule has 0 radical (unpaired) electrons. The van der Waals surface area contributed by atoms with Gasteiger partial charge in [-0.1, -0.05) is 6.07 Å². The third-order valence-electron chi connectivity index (χ3n) is 2.99. The number of carbonyl (C=O) groups is 2. The van der Waals surface area contributed by atoms with Crippen LogP contribution in [0.2, 0.25) is 0 Å². The topological polar surface area (TPSA) is 58.6 Å². The average molecular weight is 304 g/mol. The van der Waals surface area contributed by atoms with E-state index in [1.165, 1.54) is 0 Å². The molecule has 0 spiro atoms. The molecule has 21 heavy (non-hydrogen) atoms. The number of aryl methyl sites for hydroxylation is 1. The highest BCUT2D eigenvalue weighted by molar-refractivity contribution is 7.10. The van der Waals surface area contributed by atoms with Gasteiger partial charge < -0.3 is 15.0 Å². The van der Waals surface area contributed by atoms with Crippen molar-refractivity contribution in [2.75, 3.05) is 23.9 Å². The summed E-state index contributed by atoms with van der Waals surface area (Å²) in [5.74, 6) is 0.399. The Morgan fingerprint density at radius 2 is 2.24 bits per heavy atom. The van der Waals surface area contributed by atoms with Gasteiger partial charge in [-0.05, 0) is 30.5 Å². The lowest BCUT2D eigenvalue weighted by atomic mass is 10.3. The summed E-state index contributed by atoms with van der Waals surface area (Å²) in [6.45, 7) is 1.91. The number of likely N-dealkylation sites (N-methyl/N-ethyl adjacent to an activating group) is 1. The number of ether oxygens (including phenoxy) is 1. The summed E-state index contributed by atoms with van der Waals surface area (Å²) >= 11 is 1.60. The van der Waals surface area contributed by atoms with E-state index in [0.717, 1.165) is 10.6 Å². The monoisotopic (exact) mass is 304 g/mol. The fourth-order valence-corrected chi connectivity index (χ4v) is 2.57. The van der Waals surface area contributed by atoms with E-state index >= 15 is 0 Å². The van der Waals surface area contributed by atoms with Crippen molar-refractivity contribution < 1.29 is 14.3 Å². The molecule has 0 aliphatic carbocycles. The number of benzene rings is 1. The predicted molar refractivity (Wildman–Crippen MR) is 84.1 cm³/mol. The summed E-state index contributed by atoms with van der Waals surface area (Å²) < 4.78 is 5.47. The van der Waals surface area contributed by atoms with Crippen molar-refractivity contribution in [1.82, 2.24) is 0 Å². The van der Waals surface area contributed by atoms with Crippen molar-refractivity contribution in [3.05, 3.63) is 40.6 Å². The maximum Gasteiger partial charge on any atom is 0.264 e. The van der Waals surface area contributed by atoms with E-state index in [-0.39, 0.29) is 12.5 Å². The van der Waals surface area contributed by atoms with E-state index in [4.69, 9.17) is 4.74 Å². The minimum absolute atomic E-state index is 0.0592. The first kappa shape index (κ1) is 15.1. The standard InChI is InChI=1S/C15H16N2O3S/c1-11-14(6-7-21-11)17(2)15(19)9-20-13-5-3-4-12(8-13)16-10-18/h3-8,10H,9H2,1-2H3,(H,16,18). The fourth-order valence-electron chi connectivity index (χ4n) is 1.85. The van der Waals surface area contributed by atoms with E-state index in [1.54, 1.807) is 47.5 Å². The minimum atomic E-state index is -0.134. The van der Waals surface area contributed by atoms with Gasteiger partial charge in [0.2, 0.25) is 6.41 Å². The molecule has 1 heterocycles. The van der Waals surface area contributed by atoms with E-state index in [0.29, 0.717) is 17.8 Å². The Morgan fingerprint density at radius 3 is 2.90 bits per heavy atom. The zero-order valence-electron chi connectivity index (χ0n) is 11.8. The largest absolute Gasteiger partial charge is 0.484 e. The molecular weight excluding hydrogens is 288 g/mol. The second-order valence-corrected chi connectivity index (χ2v) is 5.51. The molecule has 1 aromatic heterocycles. The molecule has 5 nitrogen and oxygen atoms in total. The van der Waals surface area contributed by atoms with Crippen LogP contribution in [0.15, 0.2) is 35.7 Å². The number of amides is 2. The SMILES string of the molecule is Cc1sccc1N(C)C(=O)COc1cccc(NC=O)c1. The van der Waals surface area contributed by atoms with Crippen LogP contribution < -0.4 is 15.0 Å². The fraction of sp³-hybridized carbons (Fsp3) is 0.200. The van der Waals surface area contributed by atoms with E-state index in [1.807, 2.05) is 18.4 Å². The first-order chi connectivity index (χ1) is 10.1. The number of carbonyl (C=O) groups excluding carboxylic acids is 2. The quantitative estimate of drug-likeness (QED) is 0.835. The van der Waals surface area contributed by atoms with Crippen LogP contribution in [0.3, 0.4) is 0 Å². The van der Waals surface area contributed by atoms with Crippen LogP contribution in [0.25, 0.3) is 0 Å². The van der Waals surface area contributed by atoms with Crippen LogP contribution in [0.4, 0.5) is 11.4 Å². The number of thiophene rings is 1. The zero-order chi connectivity index (χ0) is 15.2. The summed E-state index contributed by atoms with van der Waals surface area (Å²) in [6, 6.07) is 8.80. The number of nitrogens with zero attached hydrogens (tertiary/aromatic N) is 1. The normalized spacial score (nSPS) is 10.0. The smallest absolute Gasteiger partial charge is 0.264 e. The van der Waals surface area contributed by atoms with Gasteiger partial charge >= 0.3 is 0 Å². The molecule has 0 fully saturated rings. The molecule has 0 aliphatic rings. The van der Waals surface area contributed by atoms with Crippen LogP contribution in [-0.4, -0.2) is 26.0 Å². The third-order valence-corrected chi connectivity index (χ3v) is 3.82. The van der Waals surface area contributed by atoms with E-state index in [2.05, 4.69) is 5.32 Å². The molecule has 110 valence electrons. The van der Waals surface area contributed by atoms with Crippen LogP contribution in [0.5, 0.6) is 5.75 Å². The number of rotatable bonds is 6. The summed E-state index contributed by atoms with van der Waals surface area (Å²) in [5, 5.41) is 4.48. The maximum absolute atomic E-state index is 12.1. The van der Waals surface area contributed by atoms with Gasteiger partial charge in [0, 0.05) is 23.7 Å². The Hall–Kier alpha value is -2.34. The Morgan fingerprint density at radius 1 is 1.43 bits per heavy atom. The van der Waals surface area contributed by atoms with Gasteiger partial charge in [-0.25, -0.2) is 0 Å². The molecule has 0 unspecified atom stereocenters. The van der Waals surface area contributed by atoms with Gasteiger partial charge in [-0.15, -0.1) is 11.3 Å². The van der Waals surface area contributed by atoms with Gasteiger partial charge in [-0.2, -0.15) is 0 Å². The molecule has 0 bridgehead atoms. The summed E-state index contributed by atoms with van der Waals surface area (Å²) in [5.41, 5.74) is 1.52. The summed E-state index contributed by atoms with van der Waals surface area (Å²) in [7, 11) is 1.73. The predicted octanol–water partition coefficient (Wildman–Crippen LogP) is 2.67. The Kier molecular flexibility index (Phi) is 4.94. The lowest BCUT2D eigenvalue weighted by Gasteiger charge is -2.17. The first-order valence-corrected chi connectivity index (χ1v) is 7.23. The second-order valence-electron chi connectivity index (χ2n) is 4.39. The highest BCUT2D eigenvalue weighted by Gasteiger charge is 2.14. The highest BCUT2D eigenvalue weighted by Crippen LogP contribution is 2.24. The Balaban J connectivity index is 1.96. The average Bonchev–Trinajstić information content (AvgIpc) is 2.91.